The molecule has 0 saturated carbocycles. The first-order chi connectivity index (χ1) is 12.9. The molecule has 0 radical (unpaired) electrons. The van der Waals surface area contributed by atoms with E-state index in [1.807, 2.05) is 25.3 Å². The highest BCUT2D eigenvalue weighted by Gasteiger charge is 2.18. The molecule has 27 heavy (non-hydrogen) atoms. The predicted octanol–water partition coefficient (Wildman–Crippen LogP) is 3.00. The van der Waals surface area contributed by atoms with Crippen molar-refractivity contribution in [3.05, 3.63) is 34.7 Å². The van der Waals surface area contributed by atoms with Crippen molar-refractivity contribution in [1.82, 2.24) is 15.2 Å². The summed E-state index contributed by atoms with van der Waals surface area (Å²) in [6.45, 7) is 6.48. The number of aromatic nitrogens is 1. The highest BCUT2D eigenvalue weighted by Crippen LogP contribution is 2.19. The number of aryl methyl sites for hydroxylation is 1. The smallest absolute Gasteiger partial charge is 0.340 e. The van der Waals surface area contributed by atoms with Crippen molar-refractivity contribution < 1.29 is 19.1 Å². The Bertz CT molecular complexity index is 734. The SMILES string of the molecule is CCn1c(C)cc(C(=O)OCC(=O)NC(=O)NCCC2=CCCCC2)c1C. The van der Waals surface area contributed by atoms with Crippen LogP contribution in [-0.2, 0) is 16.1 Å². The zero-order chi connectivity index (χ0) is 19.8. The van der Waals surface area contributed by atoms with Crippen LogP contribution in [0.1, 0.15) is 60.8 Å². The highest BCUT2D eigenvalue weighted by atomic mass is 16.5. The molecule has 7 heteroatoms. The monoisotopic (exact) mass is 375 g/mol. The molecule has 1 aromatic rings. The summed E-state index contributed by atoms with van der Waals surface area (Å²) in [7, 11) is 0. The minimum atomic E-state index is -0.651. The second-order valence-corrected chi connectivity index (χ2v) is 6.77. The van der Waals surface area contributed by atoms with E-state index in [4.69, 9.17) is 4.74 Å². The van der Waals surface area contributed by atoms with E-state index >= 15 is 0 Å². The summed E-state index contributed by atoms with van der Waals surface area (Å²) < 4.78 is 7.02. The number of ether oxygens (including phenoxy) is 1. The third kappa shape index (κ3) is 5.98. The minimum absolute atomic E-state index is 0.437. The Balaban J connectivity index is 1.71. The Morgan fingerprint density at radius 3 is 2.63 bits per heavy atom. The molecule has 1 aliphatic rings. The van der Waals surface area contributed by atoms with E-state index in [1.165, 1.54) is 18.4 Å². The van der Waals surface area contributed by atoms with Crippen LogP contribution < -0.4 is 10.6 Å². The van der Waals surface area contributed by atoms with E-state index in [-0.39, 0.29) is 0 Å². The van der Waals surface area contributed by atoms with E-state index in [9.17, 15) is 14.4 Å². The van der Waals surface area contributed by atoms with Crippen LogP contribution in [0.15, 0.2) is 17.7 Å². The summed E-state index contributed by atoms with van der Waals surface area (Å²) in [6.07, 6.45) is 7.63. The van der Waals surface area contributed by atoms with Gasteiger partial charge in [0.25, 0.3) is 5.91 Å². The average Bonchev–Trinajstić information content (AvgIpc) is 2.94. The zero-order valence-electron chi connectivity index (χ0n) is 16.4. The zero-order valence-corrected chi connectivity index (χ0v) is 16.4. The number of hydrogen-bond donors (Lipinski definition) is 2. The fourth-order valence-corrected chi connectivity index (χ4v) is 3.38. The lowest BCUT2D eigenvalue weighted by Gasteiger charge is -2.13. The number of esters is 1. The van der Waals surface area contributed by atoms with Crippen molar-refractivity contribution in [2.24, 2.45) is 0 Å². The molecule has 0 saturated heterocycles. The van der Waals surface area contributed by atoms with Crippen molar-refractivity contribution in [2.75, 3.05) is 13.2 Å². The Morgan fingerprint density at radius 2 is 2.00 bits per heavy atom. The standard InChI is InChI=1S/C20H29N3O4/c1-4-23-14(2)12-17(15(23)3)19(25)27-13-18(24)22-20(26)21-11-10-16-8-6-5-7-9-16/h8,12H,4-7,9-11,13H2,1-3H3,(H2,21,22,24,26). The molecule has 1 aliphatic carbocycles. The minimum Gasteiger partial charge on any atom is -0.452 e. The van der Waals surface area contributed by atoms with Gasteiger partial charge >= 0.3 is 12.0 Å². The topological polar surface area (TPSA) is 89.4 Å². The van der Waals surface area contributed by atoms with Crippen LogP contribution in [0.4, 0.5) is 4.79 Å². The van der Waals surface area contributed by atoms with Gasteiger partial charge in [-0.15, -0.1) is 0 Å². The lowest BCUT2D eigenvalue weighted by atomic mass is 9.97. The van der Waals surface area contributed by atoms with Gasteiger partial charge in [0.1, 0.15) is 0 Å². The summed E-state index contributed by atoms with van der Waals surface area (Å²) in [6, 6.07) is 1.17. The molecule has 7 nitrogen and oxygen atoms in total. The lowest BCUT2D eigenvalue weighted by Crippen LogP contribution is -2.41. The van der Waals surface area contributed by atoms with Gasteiger partial charge in [-0.25, -0.2) is 9.59 Å². The fourth-order valence-electron chi connectivity index (χ4n) is 3.38. The number of nitrogens with one attached hydrogen (secondary N) is 2. The van der Waals surface area contributed by atoms with Crippen molar-refractivity contribution in [3.63, 3.8) is 0 Å². The molecular weight excluding hydrogens is 346 g/mol. The molecule has 2 rings (SSSR count). The quantitative estimate of drug-likeness (QED) is 0.566. The number of amides is 3. The maximum absolute atomic E-state index is 12.2. The second kappa shape index (κ2) is 9.94. The largest absolute Gasteiger partial charge is 0.452 e. The number of urea groups is 1. The highest BCUT2D eigenvalue weighted by molar-refractivity contribution is 5.97. The molecule has 0 bridgehead atoms. The van der Waals surface area contributed by atoms with Gasteiger partial charge in [-0.05, 0) is 58.9 Å². The summed E-state index contributed by atoms with van der Waals surface area (Å²) in [4.78, 5) is 35.7. The molecule has 148 valence electrons. The molecule has 0 aromatic carbocycles. The van der Waals surface area contributed by atoms with Gasteiger partial charge in [-0.2, -0.15) is 0 Å². The van der Waals surface area contributed by atoms with Crippen molar-refractivity contribution in [1.29, 1.82) is 0 Å². The van der Waals surface area contributed by atoms with Gasteiger partial charge in [0, 0.05) is 24.5 Å². The number of imide groups is 1. The van der Waals surface area contributed by atoms with E-state index in [1.54, 1.807) is 6.07 Å². The summed E-state index contributed by atoms with van der Waals surface area (Å²) >= 11 is 0. The molecule has 3 amide bonds. The first-order valence-electron chi connectivity index (χ1n) is 9.51. The van der Waals surface area contributed by atoms with Crippen LogP contribution in [0.2, 0.25) is 0 Å². The normalized spacial score (nSPS) is 13.7. The van der Waals surface area contributed by atoms with E-state index < -0.39 is 24.5 Å². The molecule has 0 aliphatic heterocycles. The van der Waals surface area contributed by atoms with Crippen molar-refractivity contribution in [3.8, 4) is 0 Å². The maximum atomic E-state index is 12.2. The van der Waals surface area contributed by atoms with E-state index in [0.717, 1.165) is 37.2 Å². The van der Waals surface area contributed by atoms with Crippen molar-refractivity contribution in [2.45, 2.75) is 59.4 Å². The van der Waals surface area contributed by atoms with E-state index in [0.29, 0.717) is 12.1 Å². The first-order valence-corrected chi connectivity index (χ1v) is 9.51. The van der Waals surface area contributed by atoms with Crippen LogP contribution in [0.25, 0.3) is 0 Å². The molecule has 0 unspecified atom stereocenters. The summed E-state index contributed by atoms with van der Waals surface area (Å²) in [5.74, 6) is -1.22. The second-order valence-electron chi connectivity index (χ2n) is 6.77. The number of rotatable bonds is 7. The Hall–Kier alpha value is -2.57. The van der Waals surface area contributed by atoms with Gasteiger partial charge in [-0.3, -0.25) is 10.1 Å². The summed E-state index contributed by atoms with van der Waals surface area (Å²) in [5.41, 5.74) is 3.55. The molecule has 0 atom stereocenters. The number of allylic oxidation sites excluding steroid dienone is 1. The van der Waals surface area contributed by atoms with Gasteiger partial charge in [-0.1, -0.05) is 11.6 Å². The van der Waals surface area contributed by atoms with Crippen LogP contribution in [0, 0.1) is 13.8 Å². The average molecular weight is 375 g/mol. The third-order valence-corrected chi connectivity index (χ3v) is 4.81. The Labute approximate surface area is 160 Å². The van der Waals surface area contributed by atoms with Gasteiger partial charge in [0.15, 0.2) is 6.61 Å². The van der Waals surface area contributed by atoms with Gasteiger partial charge in [0.05, 0.1) is 5.56 Å². The van der Waals surface area contributed by atoms with Gasteiger partial charge < -0.3 is 14.6 Å². The van der Waals surface area contributed by atoms with Gasteiger partial charge in [0.2, 0.25) is 0 Å². The molecule has 0 spiro atoms. The third-order valence-electron chi connectivity index (χ3n) is 4.81. The van der Waals surface area contributed by atoms with Crippen LogP contribution in [0.5, 0.6) is 0 Å². The number of hydrogen-bond acceptors (Lipinski definition) is 4. The number of carbonyl (C=O) groups excluding carboxylic acids is 3. The van der Waals surface area contributed by atoms with Crippen LogP contribution >= 0.6 is 0 Å². The molecule has 0 fully saturated rings. The summed E-state index contributed by atoms with van der Waals surface area (Å²) in [5, 5.41) is 4.83. The Morgan fingerprint density at radius 1 is 1.22 bits per heavy atom. The number of carbonyl (C=O) groups is 3. The molecule has 1 heterocycles. The fraction of sp³-hybridized carbons (Fsp3) is 0.550. The first kappa shape index (κ1) is 20.7. The van der Waals surface area contributed by atoms with Crippen LogP contribution in [-0.4, -0.2) is 35.6 Å². The molecule has 1 aromatic heterocycles. The maximum Gasteiger partial charge on any atom is 0.340 e. The molecule has 2 N–H and O–H groups in total. The van der Waals surface area contributed by atoms with E-state index in [2.05, 4.69) is 16.7 Å². The lowest BCUT2D eigenvalue weighted by molar-refractivity contribution is -0.123. The number of nitrogens with zero attached hydrogens (tertiary/aromatic N) is 1. The van der Waals surface area contributed by atoms with Crippen molar-refractivity contribution >= 4 is 17.9 Å². The Kier molecular flexibility index (Phi) is 7.64. The predicted molar refractivity (Wildman–Crippen MR) is 103 cm³/mol. The van der Waals surface area contributed by atoms with Crippen LogP contribution in [0.3, 0.4) is 0 Å². The molecular formula is C20H29N3O4.